The Bertz CT molecular complexity index is 321. The average molecular weight is 222 g/mol. The number of hydrogen-bond acceptors (Lipinski definition) is 3. The van der Waals surface area contributed by atoms with E-state index < -0.39 is 0 Å². The van der Waals surface area contributed by atoms with E-state index in [0.29, 0.717) is 6.04 Å². The minimum Gasteiger partial charge on any atom is -0.314 e. The minimum atomic E-state index is 0.696. The summed E-state index contributed by atoms with van der Waals surface area (Å²) in [5.41, 5.74) is 1.14. The summed E-state index contributed by atoms with van der Waals surface area (Å²) >= 11 is 0. The van der Waals surface area contributed by atoms with Gasteiger partial charge in [0.25, 0.3) is 0 Å². The van der Waals surface area contributed by atoms with Gasteiger partial charge in [-0.1, -0.05) is 18.6 Å². The third kappa shape index (κ3) is 2.82. The molecule has 0 spiro atoms. The zero-order valence-corrected chi connectivity index (χ0v) is 10.3. The number of rotatable bonds is 5. The van der Waals surface area contributed by atoms with Gasteiger partial charge in [0.2, 0.25) is 0 Å². The largest absolute Gasteiger partial charge is 0.314 e. The zero-order valence-electron chi connectivity index (χ0n) is 10.3. The van der Waals surface area contributed by atoms with Crippen LogP contribution in [0.2, 0.25) is 0 Å². The van der Waals surface area contributed by atoms with Gasteiger partial charge in [-0.25, -0.2) is 0 Å². The van der Waals surface area contributed by atoms with Crippen LogP contribution in [0.15, 0.2) is 6.20 Å². The molecule has 1 heterocycles. The monoisotopic (exact) mass is 222 g/mol. The Labute approximate surface area is 97.4 Å². The van der Waals surface area contributed by atoms with Crippen molar-refractivity contribution < 1.29 is 0 Å². The van der Waals surface area contributed by atoms with Crippen LogP contribution in [0.5, 0.6) is 0 Å². The van der Waals surface area contributed by atoms with Crippen molar-refractivity contribution in [3.63, 3.8) is 0 Å². The molecule has 2 atom stereocenters. The van der Waals surface area contributed by atoms with Crippen LogP contribution in [0, 0.1) is 5.92 Å². The molecule has 1 aromatic heterocycles. The molecular weight excluding hydrogens is 200 g/mol. The Morgan fingerprint density at radius 3 is 3.06 bits per heavy atom. The predicted octanol–water partition coefficient (Wildman–Crippen LogP) is 1.53. The third-order valence-corrected chi connectivity index (χ3v) is 3.44. The van der Waals surface area contributed by atoms with E-state index >= 15 is 0 Å². The summed E-state index contributed by atoms with van der Waals surface area (Å²) in [6.45, 7) is 3.36. The summed E-state index contributed by atoms with van der Waals surface area (Å²) in [6.07, 6.45) is 8.34. The van der Waals surface area contributed by atoms with Crippen molar-refractivity contribution in [3.8, 4) is 0 Å². The summed E-state index contributed by atoms with van der Waals surface area (Å²) in [7, 11) is 1.93. The summed E-state index contributed by atoms with van der Waals surface area (Å²) in [5, 5.41) is 11.8. The van der Waals surface area contributed by atoms with Crippen LogP contribution in [0.1, 0.15) is 38.3 Å². The van der Waals surface area contributed by atoms with Crippen LogP contribution in [-0.2, 0) is 13.5 Å². The SMILES string of the molecule is CCCNC1CCCC1Cc1cn(C)nn1. The van der Waals surface area contributed by atoms with Crippen LogP contribution in [0.3, 0.4) is 0 Å². The number of nitrogens with one attached hydrogen (secondary N) is 1. The fraction of sp³-hybridized carbons (Fsp3) is 0.833. The third-order valence-electron chi connectivity index (χ3n) is 3.44. The predicted molar refractivity (Wildman–Crippen MR) is 64.1 cm³/mol. The van der Waals surface area contributed by atoms with Crippen molar-refractivity contribution in [2.75, 3.05) is 6.54 Å². The quantitative estimate of drug-likeness (QED) is 0.821. The highest BCUT2D eigenvalue weighted by atomic mass is 15.4. The number of aryl methyl sites for hydroxylation is 1. The van der Waals surface area contributed by atoms with Gasteiger partial charge in [0.1, 0.15) is 0 Å². The highest BCUT2D eigenvalue weighted by Crippen LogP contribution is 2.28. The molecule has 90 valence electrons. The van der Waals surface area contributed by atoms with Crippen LogP contribution < -0.4 is 5.32 Å². The highest BCUT2D eigenvalue weighted by Gasteiger charge is 2.27. The van der Waals surface area contributed by atoms with Gasteiger partial charge in [0.05, 0.1) is 5.69 Å². The van der Waals surface area contributed by atoms with E-state index in [4.69, 9.17) is 0 Å². The molecule has 1 N–H and O–H groups in total. The summed E-state index contributed by atoms with van der Waals surface area (Å²) in [6, 6.07) is 0.696. The van der Waals surface area contributed by atoms with Crippen LogP contribution in [0.4, 0.5) is 0 Å². The second-order valence-electron chi connectivity index (χ2n) is 4.84. The molecule has 4 heteroatoms. The molecule has 16 heavy (non-hydrogen) atoms. The minimum absolute atomic E-state index is 0.696. The Balaban J connectivity index is 1.88. The first kappa shape index (κ1) is 11.6. The Kier molecular flexibility index (Phi) is 3.93. The molecular formula is C12H22N4. The first-order valence-electron chi connectivity index (χ1n) is 6.38. The first-order valence-corrected chi connectivity index (χ1v) is 6.38. The van der Waals surface area contributed by atoms with E-state index in [1.54, 1.807) is 4.68 Å². The lowest BCUT2D eigenvalue weighted by atomic mass is 9.98. The van der Waals surface area contributed by atoms with E-state index in [0.717, 1.165) is 24.6 Å². The maximum atomic E-state index is 4.18. The lowest BCUT2D eigenvalue weighted by molar-refractivity contribution is 0.396. The summed E-state index contributed by atoms with van der Waals surface area (Å²) in [5.74, 6) is 0.753. The Morgan fingerprint density at radius 2 is 2.38 bits per heavy atom. The molecule has 0 aromatic carbocycles. The zero-order chi connectivity index (χ0) is 11.4. The molecule has 1 fully saturated rings. The molecule has 0 amide bonds. The maximum Gasteiger partial charge on any atom is 0.0830 e. The normalized spacial score (nSPS) is 25.1. The molecule has 0 bridgehead atoms. The standard InChI is InChI=1S/C12H22N4/c1-3-7-13-12-6-4-5-10(12)8-11-9-16(2)15-14-11/h9-10,12-13H,3-8H2,1-2H3. The number of nitrogens with zero attached hydrogens (tertiary/aromatic N) is 3. The van der Waals surface area contributed by atoms with Gasteiger partial charge in [-0.3, -0.25) is 4.68 Å². The van der Waals surface area contributed by atoms with Crippen molar-refractivity contribution in [2.24, 2.45) is 13.0 Å². The molecule has 1 saturated carbocycles. The lowest BCUT2D eigenvalue weighted by Gasteiger charge is -2.19. The van der Waals surface area contributed by atoms with Crippen LogP contribution in [0.25, 0.3) is 0 Å². The van der Waals surface area contributed by atoms with Gasteiger partial charge in [-0.15, -0.1) is 5.10 Å². The van der Waals surface area contributed by atoms with E-state index in [1.165, 1.54) is 25.7 Å². The van der Waals surface area contributed by atoms with E-state index in [1.807, 2.05) is 13.2 Å². The van der Waals surface area contributed by atoms with Crippen molar-refractivity contribution in [2.45, 2.75) is 45.1 Å². The maximum absolute atomic E-state index is 4.18. The second-order valence-corrected chi connectivity index (χ2v) is 4.84. The van der Waals surface area contributed by atoms with Crippen molar-refractivity contribution >= 4 is 0 Å². The Hall–Kier alpha value is -0.900. The van der Waals surface area contributed by atoms with E-state index in [9.17, 15) is 0 Å². The van der Waals surface area contributed by atoms with Gasteiger partial charge in [0.15, 0.2) is 0 Å². The second kappa shape index (κ2) is 5.43. The number of hydrogen-bond donors (Lipinski definition) is 1. The molecule has 1 aromatic rings. The van der Waals surface area contributed by atoms with Gasteiger partial charge < -0.3 is 5.32 Å². The van der Waals surface area contributed by atoms with Gasteiger partial charge >= 0.3 is 0 Å². The molecule has 2 rings (SSSR count). The fourth-order valence-corrected chi connectivity index (χ4v) is 2.64. The molecule has 0 radical (unpaired) electrons. The molecule has 1 aliphatic carbocycles. The molecule has 4 nitrogen and oxygen atoms in total. The summed E-state index contributed by atoms with van der Waals surface area (Å²) < 4.78 is 1.79. The van der Waals surface area contributed by atoms with Gasteiger partial charge in [0, 0.05) is 19.3 Å². The van der Waals surface area contributed by atoms with Crippen LogP contribution in [-0.4, -0.2) is 27.6 Å². The topological polar surface area (TPSA) is 42.7 Å². The van der Waals surface area contributed by atoms with Crippen LogP contribution >= 0.6 is 0 Å². The Morgan fingerprint density at radius 1 is 1.50 bits per heavy atom. The number of aromatic nitrogens is 3. The molecule has 0 aliphatic heterocycles. The molecule has 2 unspecified atom stereocenters. The highest BCUT2D eigenvalue weighted by molar-refractivity contribution is 4.98. The van der Waals surface area contributed by atoms with Crippen molar-refractivity contribution in [3.05, 3.63) is 11.9 Å². The molecule has 0 saturated heterocycles. The lowest BCUT2D eigenvalue weighted by Crippen LogP contribution is -2.33. The van der Waals surface area contributed by atoms with Gasteiger partial charge in [-0.05, 0) is 38.1 Å². The first-order chi connectivity index (χ1) is 7.79. The molecule has 1 aliphatic rings. The average Bonchev–Trinajstić information content (AvgIpc) is 2.86. The van der Waals surface area contributed by atoms with Gasteiger partial charge in [-0.2, -0.15) is 0 Å². The van der Waals surface area contributed by atoms with E-state index in [-0.39, 0.29) is 0 Å². The van der Waals surface area contributed by atoms with Crippen molar-refractivity contribution in [1.29, 1.82) is 0 Å². The van der Waals surface area contributed by atoms with Crippen molar-refractivity contribution in [1.82, 2.24) is 20.3 Å². The smallest absolute Gasteiger partial charge is 0.0830 e. The van der Waals surface area contributed by atoms with E-state index in [2.05, 4.69) is 22.6 Å². The summed E-state index contributed by atoms with van der Waals surface area (Å²) in [4.78, 5) is 0. The fourth-order valence-electron chi connectivity index (χ4n) is 2.64.